The minimum absolute atomic E-state index is 0.534. The molecule has 0 unspecified atom stereocenters. The molecule has 1 aromatic rings. The molecule has 1 aromatic heterocycles. The summed E-state index contributed by atoms with van der Waals surface area (Å²) < 4.78 is 1.94. The first-order valence-corrected chi connectivity index (χ1v) is 5.20. The van der Waals surface area contributed by atoms with E-state index >= 15 is 0 Å². The molecule has 15 heavy (non-hydrogen) atoms. The van der Waals surface area contributed by atoms with Crippen molar-refractivity contribution in [1.29, 1.82) is 0 Å². The molecule has 0 bridgehead atoms. The zero-order chi connectivity index (χ0) is 11.3. The first kappa shape index (κ1) is 11.6. The van der Waals surface area contributed by atoms with E-state index in [0.29, 0.717) is 12.5 Å². The molecule has 0 atom stereocenters. The molecule has 0 spiro atoms. The molecule has 1 heterocycles. The maximum atomic E-state index is 5.84. The van der Waals surface area contributed by atoms with E-state index in [9.17, 15) is 0 Å². The van der Waals surface area contributed by atoms with Gasteiger partial charge in [-0.3, -0.25) is 0 Å². The second kappa shape index (κ2) is 5.38. The molecular formula is C10H19N5. The van der Waals surface area contributed by atoms with E-state index in [2.05, 4.69) is 23.8 Å². The summed E-state index contributed by atoms with van der Waals surface area (Å²) in [5.74, 6) is 1.51. The number of aromatic nitrogens is 2. The van der Waals surface area contributed by atoms with Crippen LogP contribution in [0.3, 0.4) is 0 Å². The van der Waals surface area contributed by atoms with Crippen molar-refractivity contribution in [3.8, 4) is 0 Å². The van der Waals surface area contributed by atoms with Crippen molar-refractivity contribution in [1.82, 2.24) is 14.5 Å². The third-order valence-electron chi connectivity index (χ3n) is 2.39. The quantitative estimate of drug-likeness (QED) is 0.583. The summed E-state index contributed by atoms with van der Waals surface area (Å²) in [7, 11) is 1.95. The lowest BCUT2D eigenvalue weighted by Crippen LogP contribution is -2.37. The standard InChI is InChI=1S/C10H19N5/c1-4-15(5-2)10(11)13-8-9-12-6-7-14(9)3/h6-7H,4-5,8H2,1-3H3,(H2,11,13). The number of guanidine groups is 1. The summed E-state index contributed by atoms with van der Waals surface area (Å²) in [4.78, 5) is 10.5. The van der Waals surface area contributed by atoms with Crippen molar-refractivity contribution in [3.63, 3.8) is 0 Å². The number of aliphatic imine (C=N–C) groups is 1. The molecule has 0 aliphatic rings. The second-order valence-corrected chi connectivity index (χ2v) is 3.30. The van der Waals surface area contributed by atoms with Crippen LogP contribution in [0.5, 0.6) is 0 Å². The SMILES string of the molecule is CCN(CC)C(N)=NCc1nccn1C. The molecular weight excluding hydrogens is 190 g/mol. The molecule has 0 aliphatic heterocycles. The van der Waals surface area contributed by atoms with Gasteiger partial charge in [-0.15, -0.1) is 0 Å². The average Bonchev–Trinajstić information content (AvgIpc) is 2.63. The second-order valence-electron chi connectivity index (χ2n) is 3.30. The van der Waals surface area contributed by atoms with Crippen LogP contribution in [0.4, 0.5) is 0 Å². The Morgan fingerprint density at radius 1 is 1.53 bits per heavy atom. The summed E-state index contributed by atoms with van der Waals surface area (Å²) >= 11 is 0. The van der Waals surface area contributed by atoms with Gasteiger partial charge in [-0.05, 0) is 13.8 Å². The van der Waals surface area contributed by atoms with Crippen LogP contribution < -0.4 is 5.73 Å². The van der Waals surface area contributed by atoms with E-state index < -0.39 is 0 Å². The van der Waals surface area contributed by atoms with Crippen LogP contribution in [0.15, 0.2) is 17.4 Å². The summed E-state index contributed by atoms with van der Waals surface area (Å²) in [6.07, 6.45) is 3.66. The van der Waals surface area contributed by atoms with Gasteiger partial charge in [0.15, 0.2) is 5.96 Å². The molecule has 0 aliphatic carbocycles. The highest BCUT2D eigenvalue weighted by Crippen LogP contribution is 1.97. The highest BCUT2D eigenvalue weighted by atomic mass is 15.2. The number of hydrogen-bond acceptors (Lipinski definition) is 2. The summed E-state index contributed by atoms with van der Waals surface area (Å²) in [5, 5.41) is 0. The molecule has 0 saturated heterocycles. The number of rotatable bonds is 4. The van der Waals surface area contributed by atoms with Crippen molar-refractivity contribution >= 4 is 5.96 Å². The molecule has 0 amide bonds. The van der Waals surface area contributed by atoms with E-state index in [-0.39, 0.29) is 0 Å². The molecule has 1 rings (SSSR count). The maximum absolute atomic E-state index is 5.84. The summed E-state index contributed by atoms with van der Waals surface area (Å²) in [6, 6.07) is 0. The fourth-order valence-electron chi connectivity index (χ4n) is 1.35. The van der Waals surface area contributed by atoms with E-state index in [1.54, 1.807) is 6.20 Å². The monoisotopic (exact) mass is 209 g/mol. The van der Waals surface area contributed by atoms with Crippen molar-refractivity contribution in [3.05, 3.63) is 18.2 Å². The lowest BCUT2D eigenvalue weighted by atomic mass is 10.5. The Hall–Kier alpha value is -1.52. The average molecular weight is 209 g/mol. The van der Waals surface area contributed by atoms with Gasteiger partial charge in [-0.2, -0.15) is 0 Å². The van der Waals surface area contributed by atoms with Crippen LogP contribution >= 0.6 is 0 Å². The zero-order valence-corrected chi connectivity index (χ0v) is 9.64. The molecule has 2 N–H and O–H groups in total. The predicted molar refractivity (Wildman–Crippen MR) is 61.5 cm³/mol. The van der Waals surface area contributed by atoms with Gasteiger partial charge in [-0.1, -0.05) is 0 Å². The number of hydrogen-bond donors (Lipinski definition) is 1. The Morgan fingerprint density at radius 2 is 2.20 bits per heavy atom. The normalized spacial score (nSPS) is 11.8. The van der Waals surface area contributed by atoms with Crippen LogP contribution in [0.1, 0.15) is 19.7 Å². The van der Waals surface area contributed by atoms with Gasteiger partial charge < -0.3 is 15.2 Å². The van der Waals surface area contributed by atoms with Crippen LogP contribution in [0.2, 0.25) is 0 Å². The van der Waals surface area contributed by atoms with Crippen molar-refractivity contribution in [2.24, 2.45) is 17.8 Å². The Bertz CT molecular complexity index is 324. The number of aryl methyl sites for hydroxylation is 1. The summed E-state index contributed by atoms with van der Waals surface area (Å²) in [5.41, 5.74) is 5.84. The third kappa shape index (κ3) is 2.97. The van der Waals surface area contributed by atoms with Crippen LogP contribution in [-0.2, 0) is 13.6 Å². The molecule has 0 aromatic carbocycles. The Morgan fingerprint density at radius 3 is 2.67 bits per heavy atom. The number of imidazole rings is 1. The molecule has 5 nitrogen and oxygen atoms in total. The molecule has 0 saturated carbocycles. The van der Waals surface area contributed by atoms with E-state index in [0.717, 1.165) is 18.9 Å². The molecule has 5 heteroatoms. The van der Waals surface area contributed by atoms with Crippen molar-refractivity contribution in [2.45, 2.75) is 20.4 Å². The van der Waals surface area contributed by atoms with Gasteiger partial charge in [0.2, 0.25) is 0 Å². The molecule has 84 valence electrons. The lowest BCUT2D eigenvalue weighted by Gasteiger charge is -2.19. The number of nitrogens with zero attached hydrogens (tertiary/aromatic N) is 4. The van der Waals surface area contributed by atoms with Gasteiger partial charge in [0, 0.05) is 32.5 Å². The van der Waals surface area contributed by atoms with E-state index in [1.807, 2.05) is 22.7 Å². The van der Waals surface area contributed by atoms with E-state index in [1.165, 1.54) is 0 Å². The van der Waals surface area contributed by atoms with Gasteiger partial charge in [0.25, 0.3) is 0 Å². The Labute approximate surface area is 90.6 Å². The highest BCUT2D eigenvalue weighted by Gasteiger charge is 2.02. The Kier molecular flexibility index (Phi) is 4.15. The van der Waals surface area contributed by atoms with Gasteiger partial charge >= 0.3 is 0 Å². The van der Waals surface area contributed by atoms with E-state index in [4.69, 9.17) is 5.73 Å². The van der Waals surface area contributed by atoms with Gasteiger partial charge in [-0.25, -0.2) is 9.98 Å². The smallest absolute Gasteiger partial charge is 0.191 e. The third-order valence-corrected chi connectivity index (χ3v) is 2.39. The fourth-order valence-corrected chi connectivity index (χ4v) is 1.35. The summed E-state index contributed by atoms with van der Waals surface area (Å²) in [6.45, 7) is 6.42. The van der Waals surface area contributed by atoms with Crippen molar-refractivity contribution < 1.29 is 0 Å². The van der Waals surface area contributed by atoms with Gasteiger partial charge in [0.05, 0.1) is 0 Å². The number of nitrogens with two attached hydrogens (primary N) is 1. The minimum Gasteiger partial charge on any atom is -0.370 e. The topological polar surface area (TPSA) is 59.4 Å². The molecule has 0 fully saturated rings. The molecule has 0 radical (unpaired) electrons. The largest absolute Gasteiger partial charge is 0.370 e. The lowest BCUT2D eigenvalue weighted by molar-refractivity contribution is 0.457. The Balaban J connectivity index is 2.61. The predicted octanol–water partition coefficient (Wildman–Crippen LogP) is 0.577. The van der Waals surface area contributed by atoms with Crippen LogP contribution in [-0.4, -0.2) is 33.5 Å². The zero-order valence-electron chi connectivity index (χ0n) is 9.64. The highest BCUT2D eigenvalue weighted by molar-refractivity contribution is 5.77. The maximum Gasteiger partial charge on any atom is 0.191 e. The van der Waals surface area contributed by atoms with Gasteiger partial charge in [0.1, 0.15) is 12.4 Å². The minimum atomic E-state index is 0.534. The van der Waals surface area contributed by atoms with Crippen molar-refractivity contribution in [2.75, 3.05) is 13.1 Å². The van der Waals surface area contributed by atoms with Crippen LogP contribution in [0.25, 0.3) is 0 Å². The first-order chi connectivity index (χ1) is 7.19. The van der Waals surface area contributed by atoms with Crippen LogP contribution in [0, 0.1) is 0 Å². The first-order valence-electron chi connectivity index (χ1n) is 5.20. The fraction of sp³-hybridized carbons (Fsp3) is 0.600.